The Bertz CT molecular complexity index is 747. The summed E-state index contributed by atoms with van der Waals surface area (Å²) in [5.41, 5.74) is 2.19. The first-order valence-corrected chi connectivity index (χ1v) is 6.67. The number of phenols is 1. The van der Waals surface area contributed by atoms with E-state index in [1.54, 1.807) is 24.3 Å². The number of fused-ring (bicyclic) bond motifs is 1. The van der Waals surface area contributed by atoms with Crippen molar-refractivity contribution in [3.63, 3.8) is 0 Å². The van der Waals surface area contributed by atoms with E-state index in [2.05, 4.69) is 10.6 Å². The summed E-state index contributed by atoms with van der Waals surface area (Å²) in [7, 11) is 2.01. The zero-order valence-corrected chi connectivity index (χ0v) is 11.8. The van der Waals surface area contributed by atoms with Crippen LogP contribution in [0, 0.1) is 0 Å². The molecule has 4 heteroatoms. The van der Waals surface area contributed by atoms with Gasteiger partial charge in [0.05, 0.1) is 5.69 Å². The van der Waals surface area contributed by atoms with Gasteiger partial charge in [-0.1, -0.05) is 11.6 Å². The van der Waals surface area contributed by atoms with Gasteiger partial charge in [-0.25, -0.2) is 0 Å². The van der Waals surface area contributed by atoms with Gasteiger partial charge in [-0.2, -0.15) is 0 Å². The fraction of sp³-hybridized carbons (Fsp3) is 0.125. The van der Waals surface area contributed by atoms with E-state index < -0.39 is 0 Å². The second-order valence-corrected chi connectivity index (χ2v) is 5.12. The molecule has 0 aliphatic rings. The molecule has 20 heavy (non-hydrogen) atoms. The third-order valence-electron chi connectivity index (χ3n) is 3.33. The Morgan fingerprint density at radius 1 is 1.10 bits per heavy atom. The predicted molar refractivity (Wildman–Crippen MR) is 80.4 cm³/mol. The maximum Gasteiger partial charge on any atom is 0.128 e. The van der Waals surface area contributed by atoms with E-state index in [1.165, 1.54) is 0 Å². The Hall–Kier alpha value is -2.13. The van der Waals surface area contributed by atoms with Gasteiger partial charge >= 0.3 is 0 Å². The smallest absolute Gasteiger partial charge is 0.128 e. The maximum atomic E-state index is 9.24. The van der Waals surface area contributed by atoms with Crippen LogP contribution >= 0.6 is 11.6 Å². The Kier molecular flexibility index (Phi) is 3.28. The van der Waals surface area contributed by atoms with Gasteiger partial charge in [-0.15, -0.1) is 0 Å². The molecule has 0 fully saturated rings. The van der Waals surface area contributed by atoms with Crippen molar-refractivity contribution < 1.29 is 9.84 Å². The van der Waals surface area contributed by atoms with Crippen LogP contribution in [0.15, 0.2) is 48.5 Å². The number of aromatic hydroxyl groups is 1. The van der Waals surface area contributed by atoms with Crippen LogP contribution in [0.25, 0.3) is 10.9 Å². The minimum Gasteiger partial charge on any atom is -0.508 e. The first-order valence-electron chi connectivity index (χ1n) is 6.29. The van der Waals surface area contributed by atoms with Crippen LogP contribution in [-0.2, 0) is 13.7 Å². The van der Waals surface area contributed by atoms with Crippen molar-refractivity contribution in [1.29, 1.82) is 0 Å². The maximum absolute atomic E-state index is 9.24. The number of hydrogen-bond donors (Lipinski definition) is 1. The van der Waals surface area contributed by atoms with Crippen molar-refractivity contribution in [2.24, 2.45) is 7.05 Å². The molecule has 3 rings (SSSR count). The van der Waals surface area contributed by atoms with Crippen molar-refractivity contribution >= 4 is 22.5 Å². The monoisotopic (exact) mass is 287 g/mol. The normalized spacial score (nSPS) is 10.9. The number of benzene rings is 2. The first kappa shape index (κ1) is 12.9. The van der Waals surface area contributed by atoms with Gasteiger partial charge in [-0.05, 0) is 48.5 Å². The lowest BCUT2D eigenvalue weighted by atomic mass is 10.2. The average Bonchev–Trinajstić information content (AvgIpc) is 2.74. The van der Waals surface area contributed by atoms with E-state index in [0.717, 1.165) is 27.4 Å². The van der Waals surface area contributed by atoms with E-state index in [1.807, 2.05) is 25.2 Å². The molecule has 0 bridgehead atoms. The van der Waals surface area contributed by atoms with Crippen LogP contribution in [0.2, 0.25) is 5.02 Å². The number of rotatable bonds is 3. The van der Waals surface area contributed by atoms with Crippen LogP contribution in [0.5, 0.6) is 11.5 Å². The summed E-state index contributed by atoms with van der Waals surface area (Å²) in [4.78, 5) is 0. The van der Waals surface area contributed by atoms with Gasteiger partial charge in [0.25, 0.3) is 0 Å². The van der Waals surface area contributed by atoms with Crippen molar-refractivity contribution in [3.05, 3.63) is 59.2 Å². The molecule has 1 aromatic heterocycles. The molecule has 0 saturated heterocycles. The summed E-state index contributed by atoms with van der Waals surface area (Å²) in [6, 6.07) is 14.6. The highest BCUT2D eigenvalue weighted by Gasteiger charge is 2.07. The molecule has 0 aliphatic carbocycles. The molecule has 0 amide bonds. The van der Waals surface area contributed by atoms with Gasteiger partial charge in [0, 0.05) is 23.0 Å². The molecule has 3 nitrogen and oxygen atoms in total. The van der Waals surface area contributed by atoms with Gasteiger partial charge < -0.3 is 14.4 Å². The summed E-state index contributed by atoms with van der Waals surface area (Å²) < 4.78 is 7.81. The van der Waals surface area contributed by atoms with Crippen molar-refractivity contribution in [2.45, 2.75) is 6.61 Å². The molecule has 0 atom stereocenters. The van der Waals surface area contributed by atoms with E-state index in [0.29, 0.717) is 6.61 Å². The summed E-state index contributed by atoms with van der Waals surface area (Å²) in [5.74, 6) is 0.961. The lowest BCUT2D eigenvalue weighted by molar-refractivity contribution is 0.297. The Labute approximate surface area is 122 Å². The zero-order valence-electron chi connectivity index (χ0n) is 11.0. The number of phenolic OH excluding ortho intramolecular Hbond substituents is 1. The third-order valence-corrected chi connectivity index (χ3v) is 3.56. The SMILES string of the molecule is Cn1c(COc2ccc(O)cc2)cc2cc(Cl)ccc21. The van der Waals surface area contributed by atoms with Crippen LogP contribution in [0.3, 0.4) is 0 Å². The predicted octanol–water partition coefficient (Wildman–Crippen LogP) is 4.12. The first-order chi connectivity index (χ1) is 9.63. The summed E-state index contributed by atoms with van der Waals surface area (Å²) >= 11 is 6.00. The number of halogens is 1. The molecule has 0 aliphatic heterocycles. The summed E-state index contributed by atoms with van der Waals surface area (Å²) in [5, 5.41) is 11.1. The fourth-order valence-electron chi connectivity index (χ4n) is 2.22. The molecule has 0 spiro atoms. The molecule has 0 radical (unpaired) electrons. The van der Waals surface area contributed by atoms with E-state index >= 15 is 0 Å². The van der Waals surface area contributed by atoms with Crippen molar-refractivity contribution in [3.8, 4) is 11.5 Å². The number of aryl methyl sites for hydroxylation is 1. The summed E-state index contributed by atoms with van der Waals surface area (Å²) in [6.07, 6.45) is 0. The molecule has 1 heterocycles. The van der Waals surface area contributed by atoms with E-state index in [4.69, 9.17) is 16.3 Å². The van der Waals surface area contributed by atoms with Crippen molar-refractivity contribution in [1.82, 2.24) is 4.57 Å². The Morgan fingerprint density at radius 2 is 1.85 bits per heavy atom. The average molecular weight is 288 g/mol. The largest absolute Gasteiger partial charge is 0.508 e. The highest BCUT2D eigenvalue weighted by atomic mass is 35.5. The lowest BCUT2D eigenvalue weighted by Gasteiger charge is -2.07. The van der Waals surface area contributed by atoms with Crippen LogP contribution < -0.4 is 4.74 Å². The molecule has 2 aromatic carbocycles. The minimum absolute atomic E-state index is 0.233. The standard InChI is InChI=1S/C16H14ClNO2/c1-18-13(9-11-8-12(17)2-7-16(11)18)10-20-15-5-3-14(19)4-6-15/h2-9,19H,10H2,1H3. The quantitative estimate of drug-likeness (QED) is 0.786. The van der Waals surface area contributed by atoms with Gasteiger partial charge in [0.15, 0.2) is 0 Å². The lowest BCUT2D eigenvalue weighted by Crippen LogP contribution is -2.01. The highest BCUT2D eigenvalue weighted by molar-refractivity contribution is 6.31. The second kappa shape index (κ2) is 5.10. The second-order valence-electron chi connectivity index (χ2n) is 4.68. The number of hydrogen-bond acceptors (Lipinski definition) is 2. The molecule has 1 N–H and O–H groups in total. The molecule has 0 saturated carbocycles. The molecule has 102 valence electrons. The molecular formula is C16H14ClNO2. The van der Waals surface area contributed by atoms with Crippen molar-refractivity contribution in [2.75, 3.05) is 0 Å². The van der Waals surface area contributed by atoms with Gasteiger partial charge in [0.1, 0.15) is 18.1 Å². The summed E-state index contributed by atoms with van der Waals surface area (Å²) in [6.45, 7) is 0.466. The van der Waals surface area contributed by atoms with Crippen LogP contribution in [-0.4, -0.2) is 9.67 Å². The number of aromatic nitrogens is 1. The Balaban J connectivity index is 1.84. The molecular weight excluding hydrogens is 274 g/mol. The fourth-order valence-corrected chi connectivity index (χ4v) is 2.40. The van der Waals surface area contributed by atoms with E-state index in [9.17, 15) is 5.11 Å². The number of nitrogens with zero attached hydrogens (tertiary/aromatic N) is 1. The third kappa shape index (κ3) is 2.45. The molecule has 3 aromatic rings. The highest BCUT2D eigenvalue weighted by Crippen LogP contribution is 2.24. The topological polar surface area (TPSA) is 34.4 Å². The van der Waals surface area contributed by atoms with Crippen LogP contribution in [0.4, 0.5) is 0 Å². The van der Waals surface area contributed by atoms with Crippen LogP contribution in [0.1, 0.15) is 5.69 Å². The minimum atomic E-state index is 0.233. The number of ether oxygens (including phenoxy) is 1. The van der Waals surface area contributed by atoms with E-state index in [-0.39, 0.29) is 5.75 Å². The van der Waals surface area contributed by atoms with Gasteiger partial charge in [-0.3, -0.25) is 0 Å². The zero-order chi connectivity index (χ0) is 14.1. The van der Waals surface area contributed by atoms with Gasteiger partial charge in [0.2, 0.25) is 0 Å². The molecule has 0 unspecified atom stereocenters. The Morgan fingerprint density at radius 3 is 2.60 bits per heavy atom.